The second-order valence-electron chi connectivity index (χ2n) is 6.88. The summed E-state index contributed by atoms with van der Waals surface area (Å²) in [6, 6.07) is 6.50. The van der Waals surface area contributed by atoms with Gasteiger partial charge in [-0.3, -0.25) is 4.90 Å². The van der Waals surface area contributed by atoms with Crippen molar-refractivity contribution in [1.29, 1.82) is 0 Å². The predicted octanol–water partition coefficient (Wildman–Crippen LogP) is 2.14. The van der Waals surface area contributed by atoms with Crippen molar-refractivity contribution in [1.82, 2.24) is 25.1 Å². The molecule has 6 nitrogen and oxygen atoms in total. The number of benzene rings is 1. The Kier molecular flexibility index (Phi) is 4.41. The van der Waals surface area contributed by atoms with Gasteiger partial charge in [0.05, 0.1) is 19.4 Å². The largest absolute Gasteiger partial charge is 0.371 e. The molecule has 7 heteroatoms. The van der Waals surface area contributed by atoms with Gasteiger partial charge in [0.1, 0.15) is 5.82 Å². The smallest absolute Gasteiger partial charge is 0.158 e. The lowest BCUT2D eigenvalue weighted by Crippen LogP contribution is -2.40. The van der Waals surface area contributed by atoms with Gasteiger partial charge in [-0.15, -0.1) is 5.10 Å². The molecule has 0 bridgehead atoms. The Morgan fingerprint density at radius 3 is 2.70 bits per heavy atom. The number of hydrogen-bond donors (Lipinski definition) is 0. The molecule has 1 saturated heterocycles. The normalized spacial score (nSPS) is 19.9. The lowest BCUT2D eigenvalue weighted by atomic mass is 9.96. The zero-order valence-electron chi connectivity index (χ0n) is 13.7. The van der Waals surface area contributed by atoms with Crippen molar-refractivity contribution >= 4 is 0 Å². The van der Waals surface area contributed by atoms with Gasteiger partial charge in [0.25, 0.3) is 0 Å². The van der Waals surface area contributed by atoms with Crippen LogP contribution in [0.25, 0.3) is 0 Å². The van der Waals surface area contributed by atoms with E-state index in [0.29, 0.717) is 13.3 Å². The average Bonchev–Trinajstić information content (AvgIpc) is 2.96. The molecule has 1 fully saturated rings. The number of tetrazole rings is 1. The van der Waals surface area contributed by atoms with Crippen LogP contribution in [0.15, 0.2) is 24.3 Å². The van der Waals surface area contributed by atoms with Crippen LogP contribution in [0, 0.1) is 5.82 Å². The summed E-state index contributed by atoms with van der Waals surface area (Å²) in [6.07, 6.45) is -0.0566. The lowest BCUT2D eigenvalue weighted by Gasteiger charge is -2.33. The molecular formula is C16H22FN5O. The third-order valence-corrected chi connectivity index (χ3v) is 3.93. The molecule has 0 saturated carbocycles. The van der Waals surface area contributed by atoms with Crippen LogP contribution in [-0.2, 0) is 16.8 Å². The van der Waals surface area contributed by atoms with E-state index in [1.165, 1.54) is 12.1 Å². The number of halogens is 1. The minimum absolute atomic E-state index is 0.0566. The molecule has 1 aromatic heterocycles. The Morgan fingerprint density at radius 1 is 1.26 bits per heavy atom. The summed E-state index contributed by atoms with van der Waals surface area (Å²) >= 11 is 0. The van der Waals surface area contributed by atoms with E-state index in [1.807, 2.05) is 4.68 Å². The zero-order chi connectivity index (χ0) is 16.4. The van der Waals surface area contributed by atoms with Crippen LogP contribution in [0.1, 0.15) is 38.3 Å². The SMILES string of the molecule is CC(C)(C)c1nnnn1CN1CCO[C@@H](c2ccc(F)cc2)C1. The fraction of sp³-hybridized carbons (Fsp3) is 0.562. The predicted molar refractivity (Wildman–Crippen MR) is 83.2 cm³/mol. The first-order valence-corrected chi connectivity index (χ1v) is 7.79. The Balaban J connectivity index is 1.70. The van der Waals surface area contributed by atoms with Crippen LogP contribution in [0.5, 0.6) is 0 Å². The van der Waals surface area contributed by atoms with Crippen LogP contribution in [0.3, 0.4) is 0 Å². The number of nitrogens with zero attached hydrogens (tertiary/aromatic N) is 5. The van der Waals surface area contributed by atoms with Gasteiger partial charge in [-0.25, -0.2) is 9.07 Å². The molecule has 0 amide bonds. The molecule has 3 rings (SSSR count). The van der Waals surface area contributed by atoms with Gasteiger partial charge in [-0.2, -0.15) is 0 Å². The Morgan fingerprint density at radius 2 is 2.00 bits per heavy atom. The van der Waals surface area contributed by atoms with Gasteiger partial charge < -0.3 is 4.74 Å². The highest BCUT2D eigenvalue weighted by Crippen LogP contribution is 2.24. The molecule has 2 heterocycles. The maximum atomic E-state index is 13.1. The highest BCUT2D eigenvalue weighted by Gasteiger charge is 2.26. The molecule has 0 N–H and O–H groups in total. The first-order chi connectivity index (χ1) is 10.9. The molecule has 1 aromatic carbocycles. The molecule has 1 aliphatic heterocycles. The molecule has 1 atom stereocenters. The van der Waals surface area contributed by atoms with E-state index in [0.717, 1.165) is 24.5 Å². The summed E-state index contributed by atoms with van der Waals surface area (Å²) < 4.78 is 20.7. The van der Waals surface area contributed by atoms with E-state index in [4.69, 9.17) is 4.74 Å². The maximum absolute atomic E-state index is 13.1. The molecule has 2 aromatic rings. The highest BCUT2D eigenvalue weighted by molar-refractivity contribution is 5.19. The molecule has 23 heavy (non-hydrogen) atoms. The van der Waals surface area contributed by atoms with Crippen LogP contribution in [0.2, 0.25) is 0 Å². The van der Waals surface area contributed by atoms with Gasteiger partial charge in [-0.05, 0) is 28.1 Å². The zero-order valence-corrected chi connectivity index (χ0v) is 13.7. The third kappa shape index (κ3) is 3.73. The second kappa shape index (κ2) is 6.33. The summed E-state index contributed by atoms with van der Waals surface area (Å²) in [5.41, 5.74) is 0.885. The Labute approximate surface area is 135 Å². The van der Waals surface area contributed by atoms with E-state index in [9.17, 15) is 4.39 Å². The third-order valence-electron chi connectivity index (χ3n) is 3.93. The number of hydrogen-bond acceptors (Lipinski definition) is 5. The van der Waals surface area contributed by atoms with Crippen molar-refractivity contribution in [3.63, 3.8) is 0 Å². The lowest BCUT2D eigenvalue weighted by molar-refractivity contribution is -0.0424. The first kappa shape index (κ1) is 16.0. The maximum Gasteiger partial charge on any atom is 0.158 e. The molecule has 124 valence electrons. The quantitative estimate of drug-likeness (QED) is 0.867. The monoisotopic (exact) mass is 319 g/mol. The minimum atomic E-state index is -0.232. The first-order valence-electron chi connectivity index (χ1n) is 7.79. The fourth-order valence-corrected chi connectivity index (χ4v) is 2.74. The van der Waals surface area contributed by atoms with Crippen molar-refractivity contribution < 1.29 is 9.13 Å². The molecule has 0 aliphatic carbocycles. The Bertz CT molecular complexity index is 649. The number of aromatic nitrogens is 4. The van der Waals surface area contributed by atoms with E-state index < -0.39 is 0 Å². The topological polar surface area (TPSA) is 56.1 Å². The summed E-state index contributed by atoms with van der Waals surface area (Å²) in [7, 11) is 0. The standard InChI is InChI=1S/C16H22FN5O/c1-16(2,3)15-18-19-20-22(15)11-21-8-9-23-14(10-21)12-4-6-13(17)7-5-12/h4-7,14H,8-11H2,1-3H3/t14-/m1/s1. The average molecular weight is 319 g/mol. The summed E-state index contributed by atoms with van der Waals surface area (Å²) in [4.78, 5) is 2.25. The molecular weight excluding hydrogens is 297 g/mol. The van der Waals surface area contributed by atoms with Gasteiger partial charge in [0.15, 0.2) is 5.82 Å². The van der Waals surface area contributed by atoms with Crippen molar-refractivity contribution in [3.05, 3.63) is 41.5 Å². The van der Waals surface area contributed by atoms with Crippen molar-refractivity contribution in [3.8, 4) is 0 Å². The van der Waals surface area contributed by atoms with Crippen LogP contribution >= 0.6 is 0 Å². The number of ether oxygens (including phenoxy) is 1. The van der Waals surface area contributed by atoms with Gasteiger partial charge in [0, 0.05) is 18.5 Å². The van der Waals surface area contributed by atoms with E-state index >= 15 is 0 Å². The number of rotatable bonds is 3. The van der Waals surface area contributed by atoms with Gasteiger partial charge in [0.2, 0.25) is 0 Å². The molecule has 1 aliphatic rings. The fourth-order valence-electron chi connectivity index (χ4n) is 2.74. The van der Waals surface area contributed by atoms with E-state index in [2.05, 4.69) is 41.2 Å². The van der Waals surface area contributed by atoms with Crippen LogP contribution in [-0.4, -0.2) is 44.8 Å². The Hall–Kier alpha value is -1.86. The van der Waals surface area contributed by atoms with Gasteiger partial charge in [-0.1, -0.05) is 32.9 Å². The van der Waals surface area contributed by atoms with Crippen molar-refractivity contribution in [2.45, 2.75) is 39.0 Å². The van der Waals surface area contributed by atoms with Gasteiger partial charge >= 0.3 is 0 Å². The van der Waals surface area contributed by atoms with Crippen LogP contribution < -0.4 is 0 Å². The van der Waals surface area contributed by atoms with Crippen molar-refractivity contribution in [2.24, 2.45) is 0 Å². The molecule has 0 spiro atoms. The molecule has 0 radical (unpaired) electrons. The van der Waals surface area contributed by atoms with Crippen molar-refractivity contribution in [2.75, 3.05) is 19.7 Å². The van der Waals surface area contributed by atoms with Crippen LogP contribution in [0.4, 0.5) is 4.39 Å². The highest BCUT2D eigenvalue weighted by atomic mass is 19.1. The summed E-state index contributed by atoms with van der Waals surface area (Å²) in [5, 5.41) is 12.1. The van der Waals surface area contributed by atoms with E-state index in [-0.39, 0.29) is 17.3 Å². The second-order valence-corrected chi connectivity index (χ2v) is 6.88. The summed E-state index contributed by atoms with van der Waals surface area (Å²) in [5.74, 6) is 0.632. The number of morpholine rings is 1. The minimum Gasteiger partial charge on any atom is -0.371 e. The van der Waals surface area contributed by atoms with E-state index in [1.54, 1.807) is 12.1 Å². The summed E-state index contributed by atoms with van der Waals surface area (Å²) in [6.45, 7) is 9.09. The molecule has 0 unspecified atom stereocenters.